The molecule has 1 N–H and O–H groups in total. The van der Waals surface area contributed by atoms with E-state index in [1.807, 2.05) is 36.4 Å². The third kappa shape index (κ3) is 2.23. The summed E-state index contributed by atoms with van der Waals surface area (Å²) in [7, 11) is 1.64. The van der Waals surface area contributed by atoms with Crippen LogP contribution in [0.3, 0.4) is 0 Å². The van der Waals surface area contributed by atoms with E-state index < -0.39 is 0 Å². The lowest BCUT2D eigenvalue weighted by molar-refractivity contribution is -0.799. The Labute approximate surface area is 134 Å². The van der Waals surface area contributed by atoms with Gasteiger partial charge in [-0.1, -0.05) is 12.1 Å². The van der Waals surface area contributed by atoms with Gasteiger partial charge in [0.2, 0.25) is 0 Å². The summed E-state index contributed by atoms with van der Waals surface area (Å²) in [5.41, 5.74) is 3.55. The maximum absolute atomic E-state index is 10.9. The fourth-order valence-corrected chi connectivity index (χ4v) is 3.38. The summed E-state index contributed by atoms with van der Waals surface area (Å²) in [6.45, 7) is 1.32. The number of ether oxygens (including phenoxy) is 2. The van der Waals surface area contributed by atoms with Crippen molar-refractivity contribution in [3.63, 3.8) is 0 Å². The standard InChI is InChI=1S/C18H19N2O3/c1-22-13-6-2-5-12(11-13)17-14-7-4-10-23-18(14)16-15(20(17)21)8-3-9-19-16/h2,4-7,11,17,21H,3,8-10H2,1H3/q+1. The van der Waals surface area contributed by atoms with Crippen molar-refractivity contribution in [3.05, 3.63) is 53.3 Å². The predicted molar refractivity (Wildman–Crippen MR) is 86.4 cm³/mol. The Morgan fingerprint density at radius 1 is 1.39 bits per heavy atom. The van der Waals surface area contributed by atoms with Crippen molar-refractivity contribution < 1.29 is 19.4 Å². The zero-order chi connectivity index (χ0) is 15.8. The summed E-state index contributed by atoms with van der Waals surface area (Å²) in [6, 6.07) is 7.48. The van der Waals surface area contributed by atoms with Gasteiger partial charge in [0.15, 0.2) is 11.5 Å². The van der Waals surface area contributed by atoms with Crippen LogP contribution in [-0.2, 0) is 4.74 Å². The first-order valence-corrected chi connectivity index (χ1v) is 7.86. The van der Waals surface area contributed by atoms with E-state index in [9.17, 15) is 5.21 Å². The summed E-state index contributed by atoms with van der Waals surface area (Å²) in [6.07, 6.45) is 5.74. The summed E-state index contributed by atoms with van der Waals surface area (Å²) in [4.78, 5) is 4.58. The number of hydrogen-bond acceptors (Lipinski definition) is 4. The first kappa shape index (κ1) is 14.1. The monoisotopic (exact) mass is 311 g/mol. The van der Waals surface area contributed by atoms with Crippen molar-refractivity contribution in [1.82, 2.24) is 0 Å². The summed E-state index contributed by atoms with van der Waals surface area (Å²) in [5.74, 6) is 1.58. The van der Waals surface area contributed by atoms with Gasteiger partial charge in [-0.3, -0.25) is 10.2 Å². The average molecular weight is 311 g/mol. The summed E-state index contributed by atoms with van der Waals surface area (Å²) < 4.78 is 12.6. The Hall–Kier alpha value is -2.56. The van der Waals surface area contributed by atoms with Gasteiger partial charge in [0.25, 0.3) is 11.8 Å². The molecule has 0 saturated carbocycles. The third-order valence-corrected chi connectivity index (χ3v) is 4.44. The molecule has 0 radical (unpaired) electrons. The molecule has 5 heteroatoms. The third-order valence-electron chi connectivity index (χ3n) is 4.44. The fraction of sp³-hybridized carbons (Fsp3) is 0.333. The smallest absolute Gasteiger partial charge is 0.257 e. The van der Waals surface area contributed by atoms with E-state index in [1.165, 1.54) is 4.74 Å². The van der Waals surface area contributed by atoms with Crippen molar-refractivity contribution >= 4 is 11.4 Å². The highest BCUT2D eigenvalue weighted by Gasteiger charge is 2.44. The normalized spacial score (nSPS) is 23.0. The molecule has 0 saturated heterocycles. The molecule has 1 aromatic rings. The molecule has 23 heavy (non-hydrogen) atoms. The van der Waals surface area contributed by atoms with Gasteiger partial charge >= 0.3 is 0 Å². The average Bonchev–Trinajstić information content (AvgIpc) is 2.62. The highest BCUT2D eigenvalue weighted by molar-refractivity contribution is 6.47. The minimum atomic E-state index is -0.302. The molecular weight excluding hydrogens is 292 g/mol. The topological polar surface area (TPSA) is 54.1 Å². The van der Waals surface area contributed by atoms with Crippen LogP contribution in [0.25, 0.3) is 0 Å². The zero-order valence-corrected chi connectivity index (χ0v) is 13.0. The Bertz CT molecular complexity index is 774. The van der Waals surface area contributed by atoms with E-state index in [-0.39, 0.29) is 6.04 Å². The lowest BCUT2D eigenvalue weighted by Gasteiger charge is -2.27. The Morgan fingerprint density at radius 3 is 3.17 bits per heavy atom. The first-order valence-electron chi connectivity index (χ1n) is 7.86. The van der Waals surface area contributed by atoms with Crippen LogP contribution in [0.4, 0.5) is 0 Å². The van der Waals surface area contributed by atoms with Gasteiger partial charge in [0.1, 0.15) is 12.4 Å². The minimum absolute atomic E-state index is 0.302. The molecule has 1 atom stereocenters. The Kier molecular flexibility index (Phi) is 3.41. The van der Waals surface area contributed by atoms with Crippen LogP contribution in [0, 0.1) is 0 Å². The molecule has 3 aliphatic heterocycles. The largest absolute Gasteiger partial charge is 0.497 e. The van der Waals surface area contributed by atoms with Crippen molar-refractivity contribution in [1.29, 1.82) is 0 Å². The number of fused-ring (bicyclic) bond motifs is 2. The molecule has 0 spiro atoms. The molecule has 1 unspecified atom stereocenters. The SMILES string of the molecule is COc1cccc(C2C3=C(OCC=C3)C3=NCCCC3=[N+]2O)c1. The van der Waals surface area contributed by atoms with Crippen LogP contribution < -0.4 is 4.74 Å². The molecular formula is C18H19N2O3+. The summed E-state index contributed by atoms with van der Waals surface area (Å²) in [5, 5.41) is 10.9. The molecule has 0 amide bonds. The van der Waals surface area contributed by atoms with E-state index in [1.54, 1.807) is 7.11 Å². The van der Waals surface area contributed by atoms with Crippen LogP contribution in [0.15, 0.2) is 52.7 Å². The molecule has 5 nitrogen and oxygen atoms in total. The van der Waals surface area contributed by atoms with Gasteiger partial charge in [-0.2, -0.15) is 0 Å². The lowest BCUT2D eigenvalue weighted by Crippen LogP contribution is -2.39. The van der Waals surface area contributed by atoms with E-state index in [0.29, 0.717) is 6.61 Å². The van der Waals surface area contributed by atoms with Crippen molar-refractivity contribution in [2.45, 2.75) is 18.9 Å². The molecule has 3 heterocycles. The van der Waals surface area contributed by atoms with Crippen LogP contribution in [0.2, 0.25) is 0 Å². The van der Waals surface area contributed by atoms with Crippen LogP contribution >= 0.6 is 0 Å². The van der Waals surface area contributed by atoms with Crippen molar-refractivity contribution in [2.75, 3.05) is 20.3 Å². The van der Waals surface area contributed by atoms with E-state index in [0.717, 1.165) is 53.5 Å². The Morgan fingerprint density at radius 2 is 2.30 bits per heavy atom. The van der Waals surface area contributed by atoms with Crippen LogP contribution in [-0.4, -0.2) is 41.6 Å². The Balaban J connectivity index is 1.90. The highest BCUT2D eigenvalue weighted by atomic mass is 16.5. The minimum Gasteiger partial charge on any atom is -0.497 e. The number of allylic oxidation sites excluding steroid dienone is 1. The maximum Gasteiger partial charge on any atom is 0.257 e. The second kappa shape index (κ2) is 5.57. The molecule has 118 valence electrons. The zero-order valence-electron chi connectivity index (χ0n) is 13.0. The van der Waals surface area contributed by atoms with Gasteiger partial charge in [-0.15, -0.1) is 0 Å². The molecule has 0 aliphatic carbocycles. The van der Waals surface area contributed by atoms with Gasteiger partial charge in [-0.05, 0) is 35.4 Å². The van der Waals surface area contributed by atoms with Crippen molar-refractivity contribution in [2.24, 2.45) is 4.99 Å². The molecule has 4 rings (SSSR count). The predicted octanol–water partition coefficient (Wildman–Crippen LogP) is 2.67. The number of aliphatic imine (C=N–C) groups is 1. The van der Waals surface area contributed by atoms with E-state index >= 15 is 0 Å². The van der Waals surface area contributed by atoms with Crippen molar-refractivity contribution in [3.8, 4) is 5.75 Å². The molecule has 0 aromatic heterocycles. The molecule has 1 aromatic carbocycles. The molecule has 0 fully saturated rings. The lowest BCUT2D eigenvalue weighted by atomic mass is 9.89. The number of benzene rings is 1. The number of methoxy groups -OCH3 is 1. The second-order valence-corrected chi connectivity index (χ2v) is 5.80. The summed E-state index contributed by atoms with van der Waals surface area (Å²) >= 11 is 0. The number of hydrogen-bond donors (Lipinski definition) is 1. The molecule has 3 aliphatic rings. The highest BCUT2D eigenvalue weighted by Crippen LogP contribution is 2.37. The number of rotatable bonds is 2. The van der Waals surface area contributed by atoms with Crippen LogP contribution in [0.5, 0.6) is 5.75 Å². The van der Waals surface area contributed by atoms with E-state index in [4.69, 9.17) is 9.47 Å². The van der Waals surface area contributed by atoms with Gasteiger partial charge in [0, 0.05) is 18.5 Å². The van der Waals surface area contributed by atoms with Crippen LogP contribution in [0.1, 0.15) is 24.4 Å². The van der Waals surface area contributed by atoms with E-state index in [2.05, 4.69) is 4.99 Å². The fourth-order valence-electron chi connectivity index (χ4n) is 3.38. The van der Waals surface area contributed by atoms with Gasteiger partial charge in [-0.25, -0.2) is 0 Å². The first-order chi connectivity index (χ1) is 11.3. The maximum atomic E-state index is 10.9. The second-order valence-electron chi connectivity index (χ2n) is 5.80. The van der Waals surface area contributed by atoms with Gasteiger partial charge < -0.3 is 9.47 Å². The molecule has 0 bridgehead atoms. The quantitative estimate of drug-likeness (QED) is 0.675. The number of hydroxylamine groups is 1. The van der Waals surface area contributed by atoms with Gasteiger partial charge in [0.05, 0.1) is 12.7 Å². The number of nitrogens with zero attached hydrogens (tertiary/aromatic N) is 2.